The van der Waals surface area contributed by atoms with Crippen molar-refractivity contribution in [3.05, 3.63) is 80.4 Å². The molecule has 2 fully saturated rings. The van der Waals surface area contributed by atoms with Gasteiger partial charge in [-0.2, -0.15) is 0 Å². The molecule has 0 radical (unpaired) electrons. The van der Waals surface area contributed by atoms with Gasteiger partial charge in [0.2, 0.25) is 0 Å². The first-order valence-electron chi connectivity index (χ1n) is 10.9. The van der Waals surface area contributed by atoms with Gasteiger partial charge < -0.3 is 39.6 Å². The SMILES string of the molecule is C=CC(=O)[O-].C=CC(=O)[O-].C=CC(=O)[O-].O=C([O-])C1CC2CC(Sc3ccc4ccccc4c3)C1C2.[Ti+4]. The number of carbonyl (C=O) groups excluding carboxylic acids is 4. The van der Waals surface area contributed by atoms with Crippen molar-refractivity contribution < 1.29 is 61.3 Å². The fraction of sp³-hybridized carbons (Fsp3) is 0.259. The smallest absolute Gasteiger partial charge is 0.550 e. The van der Waals surface area contributed by atoms with Gasteiger partial charge in [-0.1, -0.05) is 50.1 Å². The maximum atomic E-state index is 11.2. The molecule has 10 heteroatoms. The van der Waals surface area contributed by atoms with Gasteiger partial charge in [0.25, 0.3) is 0 Å². The van der Waals surface area contributed by atoms with Crippen molar-refractivity contribution in [2.45, 2.75) is 29.4 Å². The van der Waals surface area contributed by atoms with Gasteiger partial charge in [-0.25, -0.2) is 0 Å². The Balaban J connectivity index is 0.000000675. The van der Waals surface area contributed by atoms with Crippen molar-refractivity contribution in [2.24, 2.45) is 17.8 Å². The number of benzene rings is 2. The number of fused-ring (bicyclic) bond motifs is 3. The quantitative estimate of drug-likeness (QED) is 0.347. The van der Waals surface area contributed by atoms with Crippen molar-refractivity contribution >= 4 is 46.4 Å². The van der Waals surface area contributed by atoms with E-state index in [0.29, 0.717) is 17.1 Å². The Labute approximate surface area is 234 Å². The van der Waals surface area contributed by atoms with Crippen molar-refractivity contribution in [2.75, 3.05) is 0 Å². The van der Waals surface area contributed by atoms with E-state index in [0.717, 1.165) is 37.5 Å². The molecule has 4 atom stereocenters. The molecule has 0 heterocycles. The summed E-state index contributed by atoms with van der Waals surface area (Å²) in [6.07, 6.45) is 5.23. The van der Waals surface area contributed by atoms with Crippen LogP contribution in [0.2, 0.25) is 0 Å². The number of carboxylic acids is 4. The number of thioether (sulfide) groups is 1. The van der Waals surface area contributed by atoms with E-state index in [1.807, 2.05) is 11.8 Å². The standard InChI is InChI=1S/C18H18O2S.3C3H4O2.Ti/c19-18(20)16-8-11-7-15(16)17(9-11)21-14-6-5-12-3-1-2-4-13(12)10-14;3*1-2-3(4)5;/h1-6,10-11,15-17H,7-9H2,(H,19,20);3*2H,1H2,(H,4,5);/q;;;;+4/p-4. The average molecular weight is 558 g/mol. The van der Waals surface area contributed by atoms with E-state index in [4.69, 9.17) is 29.7 Å². The number of carboxylic acid groups (broad SMARTS) is 4. The Morgan fingerprint density at radius 3 is 1.68 bits per heavy atom. The van der Waals surface area contributed by atoms with Crippen LogP contribution in [0, 0.1) is 17.8 Å². The molecule has 37 heavy (non-hydrogen) atoms. The summed E-state index contributed by atoms with van der Waals surface area (Å²) >= 11 is 1.86. The van der Waals surface area contributed by atoms with Gasteiger partial charge in [0.1, 0.15) is 0 Å². The molecule has 0 N–H and O–H groups in total. The van der Waals surface area contributed by atoms with Gasteiger partial charge in [0.15, 0.2) is 0 Å². The van der Waals surface area contributed by atoms with E-state index in [-0.39, 0.29) is 27.6 Å². The molecule has 4 rings (SSSR count). The molecule has 0 saturated heterocycles. The van der Waals surface area contributed by atoms with Crippen LogP contribution in [0.5, 0.6) is 0 Å². The Kier molecular flexibility index (Phi) is 15.9. The summed E-state index contributed by atoms with van der Waals surface area (Å²) in [5.41, 5.74) is 0. The van der Waals surface area contributed by atoms with Crippen molar-refractivity contribution in [1.82, 2.24) is 0 Å². The molecule has 2 aliphatic carbocycles. The number of hydrogen-bond donors (Lipinski definition) is 0. The third kappa shape index (κ3) is 12.1. The zero-order valence-electron chi connectivity index (χ0n) is 20.0. The second-order valence-corrected chi connectivity index (χ2v) is 9.21. The Morgan fingerprint density at radius 2 is 1.24 bits per heavy atom. The van der Waals surface area contributed by atoms with Crippen LogP contribution in [0.3, 0.4) is 0 Å². The summed E-state index contributed by atoms with van der Waals surface area (Å²) in [7, 11) is 0. The number of aliphatic carboxylic acids is 4. The molecule has 8 nitrogen and oxygen atoms in total. The first-order chi connectivity index (χ1) is 17.0. The van der Waals surface area contributed by atoms with Crippen molar-refractivity contribution in [1.29, 1.82) is 0 Å². The van der Waals surface area contributed by atoms with Crippen LogP contribution in [0.4, 0.5) is 0 Å². The van der Waals surface area contributed by atoms with Gasteiger partial charge >= 0.3 is 21.7 Å². The third-order valence-electron chi connectivity index (χ3n) is 5.56. The molecule has 2 saturated carbocycles. The molecule has 2 aromatic carbocycles. The van der Waals surface area contributed by atoms with Crippen molar-refractivity contribution in [3.8, 4) is 0 Å². The Bertz CT molecular complexity index is 1070. The van der Waals surface area contributed by atoms with E-state index in [1.54, 1.807) is 0 Å². The first-order valence-corrected chi connectivity index (χ1v) is 11.8. The molecule has 2 bridgehead atoms. The molecule has 0 aliphatic heterocycles. The molecule has 0 spiro atoms. The predicted molar refractivity (Wildman–Crippen MR) is 129 cm³/mol. The normalized spacial score (nSPS) is 20.1. The maximum Gasteiger partial charge on any atom is 4.00 e. The van der Waals surface area contributed by atoms with E-state index in [9.17, 15) is 9.90 Å². The zero-order valence-corrected chi connectivity index (χ0v) is 22.4. The molecule has 4 unspecified atom stereocenters. The van der Waals surface area contributed by atoms with Crippen molar-refractivity contribution in [3.63, 3.8) is 0 Å². The van der Waals surface area contributed by atoms with Crippen LogP contribution in [0.1, 0.15) is 19.3 Å². The third-order valence-corrected chi connectivity index (χ3v) is 6.93. The van der Waals surface area contributed by atoms with Crippen LogP contribution < -0.4 is 20.4 Å². The van der Waals surface area contributed by atoms with Crippen LogP contribution >= 0.6 is 11.8 Å². The summed E-state index contributed by atoms with van der Waals surface area (Å²) in [6.45, 7) is 8.69. The van der Waals surface area contributed by atoms with Crippen LogP contribution in [0.15, 0.2) is 85.3 Å². The summed E-state index contributed by atoms with van der Waals surface area (Å²) in [5.74, 6) is -3.86. The molecule has 192 valence electrons. The maximum absolute atomic E-state index is 11.2. The summed E-state index contributed by atoms with van der Waals surface area (Å²) in [6, 6.07) is 14.9. The topological polar surface area (TPSA) is 161 Å². The van der Waals surface area contributed by atoms with E-state index in [2.05, 4.69) is 62.2 Å². The first kappa shape index (κ1) is 33.9. The summed E-state index contributed by atoms with van der Waals surface area (Å²) in [5, 5.41) is 41.6. The summed E-state index contributed by atoms with van der Waals surface area (Å²) in [4.78, 5) is 39.9. The van der Waals surface area contributed by atoms with Crippen LogP contribution in [-0.2, 0) is 40.9 Å². The molecule has 0 aromatic heterocycles. The molecule has 0 amide bonds. The summed E-state index contributed by atoms with van der Waals surface area (Å²) < 4.78 is 0. The van der Waals surface area contributed by atoms with Gasteiger partial charge in [0, 0.05) is 22.0 Å². The minimum absolute atomic E-state index is 0. The number of rotatable bonds is 6. The second kappa shape index (κ2) is 17.3. The molecule has 2 aromatic rings. The number of hydrogen-bond acceptors (Lipinski definition) is 9. The van der Waals surface area contributed by atoms with Crippen LogP contribution in [0.25, 0.3) is 10.8 Å². The van der Waals surface area contributed by atoms with Gasteiger partial charge in [-0.3, -0.25) is 0 Å². The van der Waals surface area contributed by atoms with Gasteiger partial charge in [0.05, 0.1) is 17.9 Å². The Morgan fingerprint density at radius 1 is 0.757 bits per heavy atom. The monoisotopic (exact) mass is 558 g/mol. The average Bonchev–Trinajstić information content (AvgIpc) is 3.46. The largest absolute Gasteiger partial charge is 4.00 e. The van der Waals surface area contributed by atoms with Gasteiger partial charge in [-0.05, 0) is 72.2 Å². The fourth-order valence-electron chi connectivity index (χ4n) is 4.11. The second-order valence-electron chi connectivity index (χ2n) is 7.90. The fourth-order valence-corrected chi connectivity index (χ4v) is 5.64. The molecular formula is C27H26O8STi. The predicted octanol–water partition coefficient (Wildman–Crippen LogP) is -0.139. The van der Waals surface area contributed by atoms with E-state index < -0.39 is 23.9 Å². The van der Waals surface area contributed by atoms with E-state index in [1.165, 1.54) is 15.7 Å². The van der Waals surface area contributed by atoms with Gasteiger partial charge in [-0.15, -0.1) is 11.8 Å². The molecular weight excluding hydrogens is 532 g/mol. The zero-order chi connectivity index (χ0) is 27.3. The molecule has 2 aliphatic rings. The van der Waals surface area contributed by atoms with Crippen LogP contribution in [-0.4, -0.2) is 29.1 Å². The minimum atomic E-state index is -1.23. The Hall–Kier alpha value is -3.14. The van der Waals surface area contributed by atoms with E-state index >= 15 is 0 Å². The number of carbonyl (C=O) groups is 4. The minimum Gasteiger partial charge on any atom is -0.550 e.